The third-order valence-corrected chi connectivity index (χ3v) is 2.34. The number of hydrogen-bond donors (Lipinski definition) is 2. The SMILES string of the molecule is C[C@@H](N)c1ccc(OCCCO)c(Cl)c1. The van der Waals surface area contributed by atoms with Gasteiger partial charge in [-0.3, -0.25) is 0 Å². The van der Waals surface area contributed by atoms with E-state index in [1.54, 1.807) is 12.1 Å². The molecular weight excluding hydrogens is 214 g/mol. The number of nitrogens with two attached hydrogens (primary N) is 1. The van der Waals surface area contributed by atoms with Crippen molar-refractivity contribution in [2.75, 3.05) is 13.2 Å². The second kappa shape index (κ2) is 5.95. The maximum Gasteiger partial charge on any atom is 0.137 e. The van der Waals surface area contributed by atoms with E-state index >= 15 is 0 Å². The number of aliphatic hydroxyl groups is 1. The monoisotopic (exact) mass is 229 g/mol. The lowest BCUT2D eigenvalue weighted by molar-refractivity contribution is 0.233. The average Bonchev–Trinajstić information content (AvgIpc) is 2.20. The average molecular weight is 230 g/mol. The van der Waals surface area contributed by atoms with Crippen molar-refractivity contribution in [3.8, 4) is 5.75 Å². The number of halogens is 1. The Bertz CT molecular complexity index is 315. The van der Waals surface area contributed by atoms with Crippen LogP contribution in [0.25, 0.3) is 0 Å². The summed E-state index contributed by atoms with van der Waals surface area (Å²) in [5, 5.41) is 9.16. The first-order valence-corrected chi connectivity index (χ1v) is 5.31. The van der Waals surface area contributed by atoms with Crippen molar-refractivity contribution in [2.24, 2.45) is 5.73 Å². The van der Waals surface area contributed by atoms with Gasteiger partial charge in [0.25, 0.3) is 0 Å². The fraction of sp³-hybridized carbons (Fsp3) is 0.455. The van der Waals surface area contributed by atoms with Crippen LogP contribution in [0.4, 0.5) is 0 Å². The molecule has 0 heterocycles. The standard InChI is InChI=1S/C11H16ClNO2/c1-8(13)9-3-4-11(10(12)7-9)15-6-2-5-14/h3-4,7-8,14H,2,5-6,13H2,1H3/t8-/m1/s1. The van der Waals surface area contributed by atoms with Crippen molar-refractivity contribution >= 4 is 11.6 Å². The van der Waals surface area contributed by atoms with E-state index in [0.717, 1.165) is 5.56 Å². The maximum atomic E-state index is 8.60. The maximum absolute atomic E-state index is 8.60. The van der Waals surface area contributed by atoms with Gasteiger partial charge in [-0.25, -0.2) is 0 Å². The van der Waals surface area contributed by atoms with Gasteiger partial charge in [0, 0.05) is 19.1 Å². The first-order valence-electron chi connectivity index (χ1n) is 4.94. The predicted octanol–water partition coefficient (Wildman–Crippen LogP) is 2.12. The summed E-state index contributed by atoms with van der Waals surface area (Å²) in [7, 11) is 0. The van der Waals surface area contributed by atoms with Crippen LogP contribution < -0.4 is 10.5 Å². The van der Waals surface area contributed by atoms with E-state index in [1.165, 1.54) is 0 Å². The van der Waals surface area contributed by atoms with Crippen molar-refractivity contribution < 1.29 is 9.84 Å². The summed E-state index contributed by atoms with van der Waals surface area (Å²) < 4.78 is 5.38. The molecule has 0 saturated carbocycles. The highest BCUT2D eigenvalue weighted by molar-refractivity contribution is 6.32. The largest absolute Gasteiger partial charge is 0.492 e. The van der Waals surface area contributed by atoms with Crippen LogP contribution in [0.15, 0.2) is 18.2 Å². The lowest BCUT2D eigenvalue weighted by atomic mass is 10.1. The molecular formula is C11H16ClNO2. The molecule has 0 aliphatic carbocycles. The van der Waals surface area contributed by atoms with E-state index < -0.39 is 0 Å². The molecule has 1 aromatic carbocycles. The molecule has 0 spiro atoms. The molecule has 84 valence electrons. The summed E-state index contributed by atoms with van der Waals surface area (Å²) in [6, 6.07) is 5.47. The van der Waals surface area contributed by atoms with Gasteiger partial charge < -0.3 is 15.6 Å². The third kappa shape index (κ3) is 3.70. The minimum atomic E-state index is -0.0333. The minimum Gasteiger partial charge on any atom is -0.492 e. The zero-order valence-electron chi connectivity index (χ0n) is 8.74. The molecule has 0 unspecified atom stereocenters. The molecule has 0 bridgehead atoms. The Morgan fingerprint density at radius 2 is 2.27 bits per heavy atom. The predicted molar refractivity (Wildman–Crippen MR) is 61.3 cm³/mol. The first kappa shape index (κ1) is 12.3. The molecule has 15 heavy (non-hydrogen) atoms. The van der Waals surface area contributed by atoms with Crippen LogP contribution in [0.3, 0.4) is 0 Å². The lowest BCUT2D eigenvalue weighted by Gasteiger charge is -2.10. The highest BCUT2D eigenvalue weighted by atomic mass is 35.5. The molecule has 3 nitrogen and oxygen atoms in total. The van der Waals surface area contributed by atoms with Crippen LogP contribution in [0, 0.1) is 0 Å². The van der Waals surface area contributed by atoms with Crippen LogP contribution >= 0.6 is 11.6 Å². The van der Waals surface area contributed by atoms with Crippen molar-refractivity contribution in [1.82, 2.24) is 0 Å². The van der Waals surface area contributed by atoms with E-state index in [1.807, 2.05) is 13.0 Å². The van der Waals surface area contributed by atoms with Gasteiger partial charge in [0.15, 0.2) is 0 Å². The summed E-state index contributed by atoms with van der Waals surface area (Å²) in [6.07, 6.45) is 0.603. The molecule has 1 atom stereocenters. The fourth-order valence-corrected chi connectivity index (χ4v) is 1.41. The van der Waals surface area contributed by atoms with Gasteiger partial charge in [0.05, 0.1) is 11.6 Å². The quantitative estimate of drug-likeness (QED) is 0.761. The molecule has 0 aromatic heterocycles. The normalized spacial score (nSPS) is 12.5. The van der Waals surface area contributed by atoms with Gasteiger partial charge >= 0.3 is 0 Å². The van der Waals surface area contributed by atoms with E-state index in [-0.39, 0.29) is 12.6 Å². The number of rotatable bonds is 5. The van der Waals surface area contributed by atoms with Gasteiger partial charge in [-0.1, -0.05) is 17.7 Å². The number of aliphatic hydroxyl groups excluding tert-OH is 1. The summed E-state index contributed by atoms with van der Waals surface area (Å²) in [6.45, 7) is 2.49. The number of benzene rings is 1. The zero-order chi connectivity index (χ0) is 11.3. The number of hydrogen-bond acceptors (Lipinski definition) is 3. The van der Waals surface area contributed by atoms with E-state index in [0.29, 0.717) is 23.8 Å². The van der Waals surface area contributed by atoms with Gasteiger partial charge in [-0.15, -0.1) is 0 Å². The molecule has 3 N–H and O–H groups in total. The molecule has 0 fully saturated rings. The van der Waals surface area contributed by atoms with Gasteiger partial charge in [0.2, 0.25) is 0 Å². The zero-order valence-corrected chi connectivity index (χ0v) is 9.50. The van der Waals surface area contributed by atoms with Gasteiger partial charge in [-0.05, 0) is 24.6 Å². The van der Waals surface area contributed by atoms with Gasteiger partial charge in [-0.2, -0.15) is 0 Å². The Kier molecular flexibility index (Phi) is 4.88. The highest BCUT2D eigenvalue weighted by Gasteiger charge is 2.05. The molecule has 0 amide bonds. The molecule has 0 radical (unpaired) electrons. The van der Waals surface area contributed by atoms with E-state index in [2.05, 4.69) is 0 Å². The van der Waals surface area contributed by atoms with Crippen LogP contribution in [0.2, 0.25) is 5.02 Å². The molecule has 1 rings (SSSR count). The molecule has 0 saturated heterocycles. The Morgan fingerprint density at radius 1 is 1.53 bits per heavy atom. The molecule has 4 heteroatoms. The Morgan fingerprint density at radius 3 is 2.80 bits per heavy atom. The van der Waals surface area contributed by atoms with Crippen molar-refractivity contribution in [3.63, 3.8) is 0 Å². The third-order valence-electron chi connectivity index (χ3n) is 2.04. The second-order valence-corrected chi connectivity index (χ2v) is 3.81. The smallest absolute Gasteiger partial charge is 0.137 e. The van der Waals surface area contributed by atoms with Crippen molar-refractivity contribution in [1.29, 1.82) is 0 Å². The summed E-state index contributed by atoms with van der Waals surface area (Å²) in [4.78, 5) is 0. The Balaban J connectivity index is 2.66. The first-order chi connectivity index (χ1) is 7.15. The lowest BCUT2D eigenvalue weighted by Crippen LogP contribution is -2.05. The van der Waals surface area contributed by atoms with E-state index in [4.69, 9.17) is 27.2 Å². The van der Waals surface area contributed by atoms with Crippen LogP contribution in [-0.4, -0.2) is 18.3 Å². The van der Waals surface area contributed by atoms with E-state index in [9.17, 15) is 0 Å². The Hall–Kier alpha value is -0.770. The van der Waals surface area contributed by atoms with Gasteiger partial charge in [0.1, 0.15) is 5.75 Å². The summed E-state index contributed by atoms with van der Waals surface area (Å²) in [5.41, 5.74) is 6.70. The van der Waals surface area contributed by atoms with Crippen LogP contribution in [-0.2, 0) is 0 Å². The highest BCUT2D eigenvalue weighted by Crippen LogP contribution is 2.27. The molecule has 1 aromatic rings. The van der Waals surface area contributed by atoms with Crippen molar-refractivity contribution in [2.45, 2.75) is 19.4 Å². The fourth-order valence-electron chi connectivity index (χ4n) is 1.16. The van der Waals surface area contributed by atoms with Crippen LogP contribution in [0.5, 0.6) is 5.75 Å². The summed E-state index contributed by atoms with van der Waals surface area (Å²) >= 11 is 6.01. The molecule has 0 aliphatic rings. The number of ether oxygens (including phenoxy) is 1. The minimum absolute atomic E-state index is 0.0333. The van der Waals surface area contributed by atoms with Crippen molar-refractivity contribution in [3.05, 3.63) is 28.8 Å². The second-order valence-electron chi connectivity index (χ2n) is 3.40. The Labute approximate surface area is 94.8 Å². The topological polar surface area (TPSA) is 55.5 Å². The molecule has 0 aliphatic heterocycles. The van der Waals surface area contributed by atoms with Crippen LogP contribution in [0.1, 0.15) is 24.9 Å². The summed E-state index contributed by atoms with van der Waals surface area (Å²) in [5.74, 6) is 0.634.